The van der Waals surface area contributed by atoms with Crippen molar-refractivity contribution in [3.63, 3.8) is 0 Å². The second-order valence-electron chi connectivity index (χ2n) is 3.83. The van der Waals surface area contributed by atoms with Gasteiger partial charge < -0.3 is 9.84 Å². The molecule has 0 unspecified atom stereocenters. The molecule has 98 valence electrons. The quantitative estimate of drug-likeness (QED) is 0.467. The second-order valence-corrected chi connectivity index (χ2v) is 3.83. The number of carbonyl (C=O) groups excluding carboxylic acids is 1. The van der Waals surface area contributed by atoms with Crippen molar-refractivity contribution in [3.05, 3.63) is 46.0 Å². The Balaban J connectivity index is 2.82. The zero-order chi connectivity index (χ0) is 13.5. The lowest BCUT2D eigenvalue weighted by atomic mass is 9.93. The molecule has 6 nitrogen and oxygen atoms in total. The van der Waals surface area contributed by atoms with Gasteiger partial charge in [-0.2, -0.15) is 0 Å². The van der Waals surface area contributed by atoms with Crippen LogP contribution >= 0.6 is 0 Å². The first-order valence-corrected chi connectivity index (χ1v) is 5.49. The van der Waals surface area contributed by atoms with E-state index < -0.39 is 22.9 Å². The summed E-state index contributed by atoms with van der Waals surface area (Å²) in [7, 11) is 1.19. The second kappa shape index (κ2) is 6.70. The van der Waals surface area contributed by atoms with E-state index in [1.54, 1.807) is 30.3 Å². The lowest BCUT2D eigenvalue weighted by Crippen LogP contribution is -2.26. The Bertz CT molecular complexity index is 406. The lowest BCUT2D eigenvalue weighted by molar-refractivity contribution is -0.481. The van der Waals surface area contributed by atoms with Gasteiger partial charge in [-0.25, -0.2) is 0 Å². The van der Waals surface area contributed by atoms with Crippen LogP contribution in [0.3, 0.4) is 0 Å². The molecular formula is C12H15NO5. The van der Waals surface area contributed by atoms with Gasteiger partial charge in [0.25, 0.3) is 0 Å². The van der Waals surface area contributed by atoms with Crippen LogP contribution in [0.15, 0.2) is 30.3 Å². The highest BCUT2D eigenvalue weighted by Gasteiger charge is 2.30. The minimum Gasteiger partial charge on any atom is -0.469 e. The van der Waals surface area contributed by atoms with Crippen LogP contribution in [0.1, 0.15) is 18.1 Å². The Morgan fingerprint density at radius 2 is 2.06 bits per heavy atom. The fourth-order valence-electron chi connectivity index (χ4n) is 1.68. The van der Waals surface area contributed by atoms with Crippen molar-refractivity contribution in [2.24, 2.45) is 5.92 Å². The van der Waals surface area contributed by atoms with Crippen LogP contribution in [0.25, 0.3) is 0 Å². The van der Waals surface area contributed by atoms with Gasteiger partial charge in [0, 0.05) is 11.3 Å². The number of benzene rings is 1. The van der Waals surface area contributed by atoms with Crippen molar-refractivity contribution < 1.29 is 19.6 Å². The van der Waals surface area contributed by atoms with Crippen LogP contribution in [-0.2, 0) is 9.53 Å². The molecule has 1 rings (SSSR count). The predicted molar refractivity (Wildman–Crippen MR) is 63.4 cm³/mol. The smallest absolute Gasteiger partial charge is 0.311 e. The highest BCUT2D eigenvalue weighted by Crippen LogP contribution is 2.25. The van der Waals surface area contributed by atoms with E-state index in [1.165, 1.54) is 7.11 Å². The van der Waals surface area contributed by atoms with Crippen LogP contribution in [-0.4, -0.2) is 29.7 Å². The molecule has 0 bridgehead atoms. The number of nitro groups is 1. The average Bonchev–Trinajstić information content (AvgIpc) is 2.39. The van der Waals surface area contributed by atoms with Gasteiger partial charge >= 0.3 is 5.97 Å². The molecule has 1 aromatic carbocycles. The van der Waals surface area contributed by atoms with Gasteiger partial charge in [-0.1, -0.05) is 30.3 Å². The van der Waals surface area contributed by atoms with E-state index in [9.17, 15) is 20.0 Å². The first kappa shape index (κ1) is 14.1. The third kappa shape index (κ3) is 3.81. The third-order valence-corrected chi connectivity index (χ3v) is 2.65. The summed E-state index contributed by atoms with van der Waals surface area (Å²) < 4.78 is 4.57. The molecular weight excluding hydrogens is 238 g/mol. The molecule has 0 aromatic heterocycles. The van der Waals surface area contributed by atoms with E-state index >= 15 is 0 Å². The lowest BCUT2D eigenvalue weighted by Gasteiger charge is -2.19. The van der Waals surface area contributed by atoms with Gasteiger partial charge in [-0.3, -0.25) is 14.9 Å². The van der Waals surface area contributed by atoms with Crippen molar-refractivity contribution >= 4 is 5.97 Å². The van der Waals surface area contributed by atoms with E-state index in [2.05, 4.69) is 4.74 Å². The van der Waals surface area contributed by atoms with Crippen molar-refractivity contribution in [3.8, 4) is 0 Å². The van der Waals surface area contributed by atoms with Crippen LogP contribution in [0.4, 0.5) is 0 Å². The summed E-state index contributed by atoms with van der Waals surface area (Å²) in [6, 6.07) is 8.54. The minimum absolute atomic E-state index is 0.0598. The number of esters is 1. The summed E-state index contributed by atoms with van der Waals surface area (Å²) in [4.78, 5) is 21.4. The molecule has 0 fully saturated rings. The Labute approximate surface area is 104 Å². The van der Waals surface area contributed by atoms with E-state index in [0.717, 1.165) is 0 Å². The van der Waals surface area contributed by atoms with Crippen LogP contribution < -0.4 is 0 Å². The monoisotopic (exact) mass is 253 g/mol. The maximum Gasteiger partial charge on any atom is 0.311 e. The van der Waals surface area contributed by atoms with Crippen molar-refractivity contribution in [1.82, 2.24) is 0 Å². The molecule has 0 aliphatic carbocycles. The van der Waals surface area contributed by atoms with E-state index in [4.69, 9.17) is 0 Å². The van der Waals surface area contributed by atoms with Gasteiger partial charge in [0.15, 0.2) is 0 Å². The van der Waals surface area contributed by atoms with Crippen LogP contribution in [0.5, 0.6) is 0 Å². The normalized spacial score (nSPS) is 13.7. The molecule has 18 heavy (non-hydrogen) atoms. The SMILES string of the molecule is COC(=O)[C@H](CC[N+](=O)[O-])[C@@H](O)c1ccccc1. The Hall–Kier alpha value is -1.95. The molecule has 0 spiro atoms. The molecule has 0 aliphatic rings. The topological polar surface area (TPSA) is 89.7 Å². The Morgan fingerprint density at radius 1 is 1.44 bits per heavy atom. The molecule has 2 atom stereocenters. The fourth-order valence-corrected chi connectivity index (χ4v) is 1.68. The van der Waals surface area contributed by atoms with Gasteiger partial charge in [0.05, 0.1) is 19.1 Å². The highest BCUT2D eigenvalue weighted by molar-refractivity contribution is 5.73. The van der Waals surface area contributed by atoms with Gasteiger partial charge in [0.2, 0.25) is 6.54 Å². The maximum atomic E-state index is 11.5. The zero-order valence-electron chi connectivity index (χ0n) is 9.98. The standard InChI is InChI=1S/C12H15NO5/c1-18-12(15)10(7-8-13(16)17)11(14)9-5-3-2-4-6-9/h2-6,10-11,14H,7-8H2,1H3/t10-,11+/m1/s1. The number of aliphatic hydroxyl groups is 1. The maximum absolute atomic E-state index is 11.5. The number of ether oxygens (including phenoxy) is 1. The fraction of sp³-hybridized carbons (Fsp3) is 0.417. The number of aliphatic hydroxyl groups excluding tert-OH is 1. The summed E-state index contributed by atoms with van der Waals surface area (Å²) in [5.74, 6) is -1.57. The molecule has 0 heterocycles. The van der Waals surface area contributed by atoms with Crippen LogP contribution in [0.2, 0.25) is 0 Å². The van der Waals surface area contributed by atoms with E-state index in [-0.39, 0.29) is 13.0 Å². The zero-order valence-corrected chi connectivity index (χ0v) is 9.98. The summed E-state index contributed by atoms with van der Waals surface area (Å²) in [5, 5.41) is 20.4. The largest absolute Gasteiger partial charge is 0.469 e. The molecule has 1 N–H and O–H groups in total. The first-order valence-electron chi connectivity index (χ1n) is 5.49. The molecule has 0 saturated carbocycles. The summed E-state index contributed by atoms with van der Waals surface area (Å²) in [6.07, 6.45) is -1.16. The molecule has 6 heteroatoms. The van der Waals surface area contributed by atoms with Gasteiger partial charge in [-0.15, -0.1) is 0 Å². The van der Waals surface area contributed by atoms with Crippen LogP contribution in [0, 0.1) is 16.0 Å². The highest BCUT2D eigenvalue weighted by atomic mass is 16.6. The molecule has 0 amide bonds. The molecule has 0 radical (unpaired) electrons. The van der Waals surface area contributed by atoms with Crippen molar-refractivity contribution in [2.75, 3.05) is 13.7 Å². The number of methoxy groups -OCH3 is 1. The molecule has 0 aliphatic heterocycles. The number of rotatable bonds is 6. The predicted octanol–water partition coefficient (Wildman–Crippen LogP) is 1.18. The first-order chi connectivity index (χ1) is 8.56. The van der Waals surface area contributed by atoms with Gasteiger partial charge in [0.1, 0.15) is 0 Å². The number of hydrogen-bond acceptors (Lipinski definition) is 5. The number of carbonyl (C=O) groups is 1. The van der Waals surface area contributed by atoms with Gasteiger partial charge in [-0.05, 0) is 5.56 Å². The average molecular weight is 253 g/mol. The summed E-state index contributed by atoms with van der Waals surface area (Å²) in [6.45, 7) is -0.385. The van der Waals surface area contributed by atoms with E-state index in [0.29, 0.717) is 5.56 Å². The minimum atomic E-state index is -1.10. The number of hydrogen-bond donors (Lipinski definition) is 1. The van der Waals surface area contributed by atoms with E-state index in [1.807, 2.05) is 0 Å². The summed E-state index contributed by atoms with van der Waals surface area (Å²) >= 11 is 0. The number of nitrogens with zero attached hydrogens (tertiary/aromatic N) is 1. The van der Waals surface area contributed by atoms with Crippen molar-refractivity contribution in [1.29, 1.82) is 0 Å². The molecule has 1 aromatic rings. The Morgan fingerprint density at radius 3 is 2.56 bits per heavy atom. The Kier molecular flexibility index (Phi) is 5.26. The summed E-state index contributed by atoms with van der Waals surface area (Å²) in [5.41, 5.74) is 0.538. The molecule has 0 saturated heterocycles. The van der Waals surface area contributed by atoms with Crippen molar-refractivity contribution in [2.45, 2.75) is 12.5 Å². The third-order valence-electron chi connectivity index (χ3n) is 2.65.